The van der Waals surface area contributed by atoms with Crippen molar-refractivity contribution in [1.29, 1.82) is 0 Å². The summed E-state index contributed by atoms with van der Waals surface area (Å²) in [6.45, 7) is 6.09. The summed E-state index contributed by atoms with van der Waals surface area (Å²) < 4.78 is 0. The molecule has 2 rings (SSSR count). The average Bonchev–Trinajstić information content (AvgIpc) is 2.52. The maximum atomic E-state index is 11.0. The molecule has 1 aliphatic heterocycles. The van der Waals surface area contributed by atoms with Gasteiger partial charge in [0.1, 0.15) is 0 Å². The van der Waals surface area contributed by atoms with Crippen molar-refractivity contribution in [3.05, 3.63) is 10.6 Å². The lowest BCUT2D eigenvalue weighted by Gasteiger charge is -2.18. The SMILES string of the molecule is Cc1sc(N2CCCC(C)CC2)nc1C(=O)O. The number of rotatable bonds is 2. The van der Waals surface area contributed by atoms with Gasteiger partial charge in [-0.05, 0) is 32.1 Å². The van der Waals surface area contributed by atoms with E-state index in [1.54, 1.807) is 0 Å². The van der Waals surface area contributed by atoms with Crippen molar-refractivity contribution < 1.29 is 9.90 Å². The minimum absolute atomic E-state index is 0.210. The molecule has 1 fully saturated rings. The van der Waals surface area contributed by atoms with E-state index in [4.69, 9.17) is 5.11 Å². The van der Waals surface area contributed by atoms with Crippen LogP contribution in [0.1, 0.15) is 41.6 Å². The molecule has 1 saturated heterocycles. The third-order valence-electron chi connectivity index (χ3n) is 3.28. The van der Waals surface area contributed by atoms with Gasteiger partial charge in [-0.2, -0.15) is 0 Å². The summed E-state index contributed by atoms with van der Waals surface area (Å²) in [5.74, 6) is -0.159. The van der Waals surface area contributed by atoms with Crippen molar-refractivity contribution in [3.8, 4) is 0 Å². The van der Waals surface area contributed by atoms with Crippen LogP contribution in [0.2, 0.25) is 0 Å². The number of aromatic nitrogens is 1. The van der Waals surface area contributed by atoms with Crippen LogP contribution in [0.3, 0.4) is 0 Å². The maximum absolute atomic E-state index is 11.0. The predicted octanol–water partition coefficient (Wildman–Crippen LogP) is 2.78. The van der Waals surface area contributed by atoms with Crippen molar-refractivity contribution in [3.63, 3.8) is 0 Å². The highest BCUT2D eigenvalue weighted by molar-refractivity contribution is 7.15. The van der Waals surface area contributed by atoms with Crippen LogP contribution in [0.15, 0.2) is 0 Å². The van der Waals surface area contributed by atoms with Gasteiger partial charge >= 0.3 is 5.97 Å². The van der Waals surface area contributed by atoms with Crippen LogP contribution < -0.4 is 4.90 Å². The number of carboxylic acid groups (broad SMARTS) is 1. The highest BCUT2D eigenvalue weighted by atomic mass is 32.1. The molecule has 0 amide bonds. The number of aromatic carboxylic acids is 1. The molecular weight excluding hydrogens is 236 g/mol. The maximum Gasteiger partial charge on any atom is 0.355 e. The lowest BCUT2D eigenvalue weighted by atomic mass is 10.0. The summed E-state index contributed by atoms with van der Waals surface area (Å²) in [6.07, 6.45) is 3.59. The molecule has 17 heavy (non-hydrogen) atoms. The Hall–Kier alpha value is -1.10. The van der Waals surface area contributed by atoms with Gasteiger partial charge in [-0.1, -0.05) is 6.92 Å². The Labute approximate surface area is 105 Å². The predicted molar refractivity (Wildman–Crippen MR) is 69.0 cm³/mol. The first-order chi connectivity index (χ1) is 8.08. The number of thiazole rings is 1. The van der Waals surface area contributed by atoms with Gasteiger partial charge in [-0.15, -0.1) is 11.3 Å². The summed E-state index contributed by atoms with van der Waals surface area (Å²) in [5, 5.41) is 9.87. The third-order valence-corrected chi connectivity index (χ3v) is 4.31. The first-order valence-corrected chi connectivity index (χ1v) is 6.85. The van der Waals surface area contributed by atoms with E-state index in [-0.39, 0.29) is 5.69 Å². The van der Waals surface area contributed by atoms with E-state index >= 15 is 0 Å². The van der Waals surface area contributed by atoms with Gasteiger partial charge in [0.25, 0.3) is 0 Å². The van der Waals surface area contributed by atoms with E-state index in [1.165, 1.54) is 30.6 Å². The van der Waals surface area contributed by atoms with Gasteiger partial charge in [-0.25, -0.2) is 9.78 Å². The lowest BCUT2D eigenvalue weighted by Crippen LogP contribution is -2.24. The molecule has 1 unspecified atom stereocenters. The summed E-state index contributed by atoms with van der Waals surface area (Å²) >= 11 is 1.49. The average molecular weight is 254 g/mol. The molecule has 0 spiro atoms. The number of anilines is 1. The van der Waals surface area contributed by atoms with Crippen LogP contribution >= 0.6 is 11.3 Å². The Morgan fingerprint density at radius 1 is 1.47 bits per heavy atom. The third kappa shape index (κ3) is 2.77. The second kappa shape index (κ2) is 5.04. The molecule has 4 nitrogen and oxygen atoms in total. The summed E-state index contributed by atoms with van der Waals surface area (Å²) in [7, 11) is 0. The molecule has 0 aliphatic carbocycles. The summed E-state index contributed by atoms with van der Waals surface area (Å²) in [4.78, 5) is 18.2. The van der Waals surface area contributed by atoms with Crippen LogP contribution in [-0.2, 0) is 0 Å². The van der Waals surface area contributed by atoms with Gasteiger partial charge in [0, 0.05) is 18.0 Å². The molecule has 0 bridgehead atoms. The van der Waals surface area contributed by atoms with E-state index in [0.29, 0.717) is 0 Å². The number of carboxylic acids is 1. The van der Waals surface area contributed by atoms with E-state index in [9.17, 15) is 4.79 Å². The standard InChI is InChI=1S/C12H18N2O2S/c1-8-4-3-6-14(7-5-8)12-13-10(11(15)16)9(2)17-12/h8H,3-7H2,1-2H3,(H,15,16). The fraction of sp³-hybridized carbons (Fsp3) is 0.667. The van der Waals surface area contributed by atoms with Gasteiger partial charge in [0.2, 0.25) is 0 Å². The molecule has 2 heterocycles. The number of aryl methyl sites for hydroxylation is 1. The number of carbonyl (C=O) groups is 1. The Morgan fingerprint density at radius 3 is 2.88 bits per heavy atom. The topological polar surface area (TPSA) is 53.4 Å². The minimum Gasteiger partial charge on any atom is -0.476 e. The lowest BCUT2D eigenvalue weighted by molar-refractivity contribution is 0.0690. The normalized spacial score (nSPS) is 21.3. The summed E-state index contributed by atoms with van der Waals surface area (Å²) in [5.41, 5.74) is 0.210. The molecule has 1 atom stereocenters. The highest BCUT2D eigenvalue weighted by Crippen LogP contribution is 2.28. The van der Waals surface area contributed by atoms with Gasteiger partial charge in [-0.3, -0.25) is 0 Å². The Morgan fingerprint density at radius 2 is 2.24 bits per heavy atom. The van der Waals surface area contributed by atoms with Gasteiger partial charge in [0.05, 0.1) is 0 Å². The van der Waals surface area contributed by atoms with Crippen LogP contribution in [0, 0.1) is 12.8 Å². The van der Waals surface area contributed by atoms with E-state index in [2.05, 4.69) is 16.8 Å². The van der Waals surface area contributed by atoms with Crippen molar-refractivity contribution >= 4 is 22.4 Å². The molecule has 5 heteroatoms. The highest BCUT2D eigenvalue weighted by Gasteiger charge is 2.20. The molecule has 1 aliphatic rings. The zero-order valence-corrected chi connectivity index (χ0v) is 11.1. The Kier molecular flexibility index (Phi) is 3.66. The van der Waals surface area contributed by atoms with Crippen molar-refractivity contribution in [1.82, 2.24) is 4.98 Å². The second-order valence-corrected chi connectivity index (χ2v) is 5.91. The minimum atomic E-state index is -0.923. The molecule has 0 radical (unpaired) electrons. The van der Waals surface area contributed by atoms with E-state index in [0.717, 1.165) is 29.0 Å². The van der Waals surface area contributed by atoms with Crippen molar-refractivity contribution in [2.45, 2.75) is 33.1 Å². The fourth-order valence-electron chi connectivity index (χ4n) is 2.17. The molecule has 94 valence electrons. The largest absolute Gasteiger partial charge is 0.476 e. The number of nitrogens with zero attached hydrogens (tertiary/aromatic N) is 2. The molecule has 1 aromatic heterocycles. The molecule has 1 aromatic rings. The number of hydrogen-bond acceptors (Lipinski definition) is 4. The van der Waals surface area contributed by atoms with E-state index in [1.807, 2.05) is 6.92 Å². The summed E-state index contributed by atoms with van der Waals surface area (Å²) in [6, 6.07) is 0. The zero-order chi connectivity index (χ0) is 12.4. The molecule has 0 saturated carbocycles. The zero-order valence-electron chi connectivity index (χ0n) is 10.3. The van der Waals surface area contributed by atoms with Crippen LogP contribution in [0.25, 0.3) is 0 Å². The van der Waals surface area contributed by atoms with Gasteiger partial charge < -0.3 is 10.0 Å². The smallest absolute Gasteiger partial charge is 0.355 e. The van der Waals surface area contributed by atoms with Crippen LogP contribution in [0.5, 0.6) is 0 Å². The molecular formula is C12H18N2O2S. The second-order valence-electron chi connectivity index (χ2n) is 4.73. The first-order valence-electron chi connectivity index (χ1n) is 6.03. The molecule has 0 aromatic carbocycles. The van der Waals surface area contributed by atoms with E-state index < -0.39 is 5.97 Å². The van der Waals surface area contributed by atoms with Gasteiger partial charge in [0.15, 0.2) is 10.8 Å². The van der Waals surface area contributed by atoms with Crippen LogP contribution in [-0.4, -0.2) is 29.1 Å². The Bertz CT molecular complexity index is 417. The monoisotopic (exact) mass is 254 g/mol. The fourth-order valence-corrected chi connectivity index (χ4v) is 3.12. The van der Waals surface area contributed by atoms with Crippen molar-refractivity contribution in [2.75, 3.05) is 18.0 Å². The first kappa shape index (κ1) is 12.4. The molecule has 1 N–H and O–H groups in total. The van der Waals surface area contributed by atoms with Crippen molar-refractivity contribution in [2.24, 2.45) is 5.92 Å². The number of hydrogen-bond donors (Lipinski definition) is 1. The van der Waals surface area contributed by atoms with Crippen LogP contribution in [0.4, 0.5) is 5.13 Å². The quantitative estimate of drug-likeness (QED) is 0.881. The Balaban J connectivity index is 2.16.